The van der Waals surface area contributed by atoms with Crippen LogP contribution in [0.25, 0.3) is 11.1 Å². The molecule has 10 nitrogen and oxygen atoms in total. The van der Waals surface area contributed by atoms with Gasteiger partial charge in [-0.3, -0.25) is 14.5 Å². The maximum atomic E-state index is 13.5. The first-order chi connectivity index (χ1) is 24.2. The number of ether oxygens (including phenoxy) is 1. The normalized spacial score (nSPS) is 19.5. The second-order valence-corrected chi connectivity index (χ2v) is 17.5. The Labute approximate surface area is 309 Å². The SMILES string of the molecule is CC(CCS(C)(=O)=O)C(=O)O.COCC1CC[C@@H](CC2CCCCC2)N1Cc1ccc(C(=O)NC(CCSC)C(=O)O)c(-c2ccccc2C)c1. The van der Waals surface area contributed by atoms with Crippen molar-refractivity contribution >= 4 is 39.4 Å². The Morgan fingerprint density at radius 3 is 2.25 bits per heavy atom. The molecule has 3 N–H and O–H groups in total. The number of thioether (sulfide) groups is 1. The zero-order valence-electron chi connectivity index (χ0n) is 30.9. The van der Waals surface area contributed by atoms with E-state index in [-0.39, 0.29) is 18.1 Å². The molecule has 0 aromatic heterocycles. The van der Waals surface area contributed by atoms with Crippen molar-refractivity contribution in [2.75, 3.05) is 37.7 Å². The van der Waals surface area contributed by atoms with E-state index >= 15 is 0 Å². The van der Waals surface area contributed by atoms with Gasteiger partial charge in [0.1, 0.15) is 15.9 Å². The van der Waals surface area contributed by atoms with E-state index < -0.39 is 33.7 Å². The third-order valence-electron chi connectivity index (χ3n) is 10.1. The van der Waals surface area contributed by atoms with Crippen LogP contribution in [-0.4, -0.2) is 97.2 Å². The summed E-state index contributed by atoms with van der Waals surface area (Å²) in [6, 6.07) is 14.2. The van der Waals surface area contributed by atoms with E-state index in [1.165, 1.54) is 57.4 Å². The van der Waals surface area contributed by atoms with Gasteiger partial charge in [-0.1, -0.05) is 69.4 Å². The van der Waals surface area contributed by atoms with Crippen LogP contribution in [0.3, 0.4) is 0 Å². The number of carbonyl (C=O) groups is 3. The number of carboxylic acid groups (broad SMARTS) is 2. The zero-order valence-corrected chi connectivity index (χ0v) is 32.6. The summed E-state index contributed by atoms with van der Waals surface area (Å²) in [4.78, 5) is 38.2. The topological polar surface area (TPSA) is 150 Å². The lowest BCUT2D eigenvalue weighted by molar-refractivity contribution is -0.141. The molecule has 4 atom stereocenters. The third kappa shape index (κ3) is 13.9. The number of carboxylic acids is 2. The number of nitrogens with zero attached hydrogens (tertiary/aromatic N) is 1. The Morgan fingerprint density at radius 1 is 0.961 bits per heavy atom. The number of carbonyl (C=O) groups excluding carboxylic acids is 1. The van der Waals surface area contributed by atoms with E-state index in [0.717, 1.165) is 48.4 Å². The third-order valence-corrected chi connectivity index (χ3v) is 11.8. The minimum atomic E-state index is -3.02. The minimum absolute atomic E-state index is 0.0551. The first-order valence-electron chi connectivity index (χ1n) is 18.1. The highest BCUT2D eigenvalue weighted by atomic mass is 32.2. The number of hydrogen-bond acceptors (Lipinski definition) is 8. The number of aryl methyl sites for hydroxylation is 1. The molecule has 12 heteroatoms. The van der Waals surface area contributed by atoms with E-state index in [9.17, 15) is 27.9 Å². The number of likely N-dealkylation sites (tertiary alicyclic amines) is 1. The summed E-state index contributed by atoms with van der Waals surface area (Å²) >= 11 is 1.58. The van der Waals surface area contributed by atoms with Crippen LogP contribution in [0.15, 0.2) is 42.5 Å². The van der Waals surface area contributed by atoms with Crippen LogP contribution in [0.4, 0.5) is 0 Å². The molecule has 2 aromatic rings. The predicted octanol–water partition coefficient (Wildman–Crippen LogP) is 6.69. The largest absolute Gasteiger partial charge is 0.481 e. The molecule has 0 radical (unpaired) electrons. The molecule has 51 heavy (non-hydrogen) atoms. The molecular formula is C39H58N2O8S2. The van der Waals surface area contributed by atoms with E-state index in [1.807, 2.05) is 36.6 Å². The number of amides is 1. The van der Waals surface area contributed by atoms with Gasteiger partial charge < -0.3 is 20.3 Å². The first-order valence-corrected chi connectivity index (χ1v) is 21.6. The smallest absolute Gasteiger partial charge is 0.326 e. The fourth-order valence-corrected chi connectivity index (χ4v) is 8.40. The Morgan fingerprint density at radius 2 is 1.65 bits per heavy atom. The molecule has 0 bridgehead atoms. The number of hydrogen-bond donors (Lipinski definition) is 3. The van der Waals surface area contributed by atoms with Crippen LogP contribution in [0.2, 0.25) is 0 Å². The summed E-state index contributed by atoms with van der Waals surface area (Å²) in [7, 11) is -1.22. The van der Waals surface area contributed by atoms with Crippen molar-refractivity contribution in [1.82, 2.24) is 10.2 Å². The van der Waals surface area contributed by atoms with Crippen molar-refractivity contribution in [1.29, 1.82) is 0 Å². The molecule has 1 aliphatic heterocycles. The van der Waals surface area contributed by atoms with Crippen LogP contribution < -0.4 is 5.32 Å². The maximum absolute atomic E-state index is 13.5. The molecule has 284 valence electrons. The van der Waals surface area contributed by atoms with E-state index in [0.29, 0.717) is 29.8 Å². The molecule has 2 aromatic carbocycles. The summed E-state index contributed by atoms with van der Waals surface area (Å²) < 4.78 is 26.8. The Kier molecular flexibility index (Phi) is 17.4. The lowest BCUT2D eigenvalue weighted by Crippen LogP contribution is -2.41. The van der Waals surface area contributed by atoms with E-state index in [4.69, 9.17) is 9.84 Å². The first kappa shape index (κ1) is 42.5. The Bertz CT molecular complexity index is 1540. The molecule has 2 fully saturated rings. The molecule has 3 unspecified atom stereocenters. The quantitative estimate of drug-likeness (QED) is 0.160. The summed E-state index contributed by atoms with van der Waals surface area (Å²) in [5.74, 6) is -1.43. The van der Waals surface area contributed by atoms with Crippen molar-refractivity contribution in [3.63, 3.8) is 0 Å². The van der Waals surface area contributed by atoms with Gasteiger partial charge >= 0.3 is 11.9 Å². The molecular weight excluding hydrogens is 689 g/mol. The molecule has 1 aliphatic carbocycles. The second kappa shape index (κ2) is 20.9. The van der Waals surface area contributed by atoms with Crippen LogP contribution in [0.5, 0.6) is 0 Å². The monoisotopic (exact) mass is 746 g/mol. The number of rotatable bonds is 17. The number of sulfone groups is 1. The molecule has 1 amide bonds. The van der Waals surface area contributed by atoms with Gasteiger partial charge in [0.2, 0.25) is 0 Å². The number of aliphatic carboxylic acids is 2. The predicted molar refractivity (Wildman–Crippen MR) is 205 cm³/mol. The second-order valence-electron chi connectivity index (χ2n) is 14.3. The van der Waals surface area contributed by atoms with Crippen molar-refractivity contribution in [3.8, 4) is 11.1 Å². The highest BCUT2D eigenvalue weighted by Crippen LogP contribution is 2.36. The summed E-state index contributed by atoms with van der Waals surface area (Å²) in [6.45, 7) is 5.10. The van der Waals surface area contributed by atoms with Crippen molar-refractivity contribution < 1.29 is 37.8 Å². The number of nitrogens with one attached hydrogen (secondary N) is 1. The average Bonchev–Trinajstić information content (AvgIpc) is 3.45. The van der Waals surface area contributed by atoms with Crippen LogP contribution in [-0.2, 0) is 30.7 Å². The maximum Gasteiger partial charge on any atom is 0.326 e. The minimum Gasteiger partial charge on any atom is -0.481 e. The van der Waals surface area contributed by atoms with Gasteiger partial charge in [-0.25, -0.2) is 13.2 Å². The van der Waals surface area contributed by atoms with Gasteiger partial charge in [-0.05, 0) is 91.3 Å². The lowest BCUT2D eigenvalue weighted by atomic mass is 9.84. The fourth-order valence-electron chi connectivity index (χ4n) is 7.14. The highest BCUT2D eigenvalue weighted by Gasteiger charge is 2.35. The lowest BCUT2D eigenvalue weighted by Gasteiger charge is -2.33. The molecule has 1 saturated heterocycles. The van der Waals surface area contributed by atoms with Crippen LogP contribution in [0, 0.1) is 18.8 Å². The van der Waals surface area contributed by atoms with Crippen molar-refractivity contribution in [2.45, 2.75) is 103 Å². The average molecular weight is 747 g/mol. The summed E-state index contributed by atoms with van der Waals surface area (Å²) in [6.07, 6.45) is 14.1. The van der Waals surface area contributed by atoms with Crippen LogP contribution in [0.1, 0.15) is 92.6 Å². The van der Waals surface area contributed by atoms with E-state index in [1.54, 1.807) is 18.9 Å². The van der Waals surface area contributed by atoms with E-state index in [2.05, 4.69) is 29.3 Å². The summed E-state index contributed by atoms with van der Waals surface area (Å²) in [5.41, 5.74) is 4.62. The van der Waals surface area contributed by atoms with Gasteiger partial charge in [0.15, 0.2) is 0 Å². The number of methoxy groups -OCH3 is 1. The van der Waals surface area contributed by atoms with Gasteiger partial charge in [0.25, 0.3) is 5.91 Å². The van der Waals surface area contributed by atoms with Crippen LogP contribution >= 0.6 is 11.8 Å². The molecule has 1 heterocycles. The highest BCUT2D eigenvalue weighted by molar-refractivity contribution is 7.98. The van der Waals surface area contributed by atoms with Gasteiger partial charge in [-0.2, -0.15) is 11.8 Å². The molecule has 4 rings (SSSR count). The van der Waals surface area contributed by atoms with Gasteiger partial charge in [-0.15, -0.1) is 0 Å². The standard InChI is InChI=1S/C33H46N2O4S.C6H12O4S/c1-23-9-7-8-12-28(23)30-20-25(13-16-29(30)32(36)34-31(33(37)38)17-18-40-3)21-35-26(14-15-27(35)22-39-2)19-24-10-5-4-6-11-24;1-5(6(7)8)3-4-11(2,9)10/h7-9,12-13,16,20,24,26-27,31H,4-6,10-11,14-15,17-19,21-22H2,1-3H3,(H,34,36)(H,37,38);5H,3-4H2,1-2H3,(H,7,8)/t26-,27?,31?;/m0./s1. The molecule has 1 saturated carbocycles. The fraction of sp³-hybridized carbons (Fsp3) is 0.615. The Balaban J connectivity index is 0.000000551. The molecule has 0 spiro atoms. The van der Waals surface area contributed by atoms with Crippen molar-refractivity contribution in [3.05, 3.63) is 59.2 Å². The van der Waals surface area contributed by atoms with Gasteiger partial charge in [0.05, 0.1) is 18.3 Å². The number of benzene rings is 2. The Hall–Kier alpha value is -2.93. The van der Waals surface area contributed by atoms with Gasteiger partial charge in [0, 0.05) is 37.6 Å². The summed E-state index contributed by atoms with van der Waals surface area (Å²) in [5, 5.41) is 20.9. The molecule has 2 aliphatic rings. The zero-order chi connectivity index (χ0) is 37.6. The van der Waals surface area contributed by atoms with Crippen molar-refractivity contribution in [2.24, 2.45) is 11.8 Å².